The fourth-order valence-corrected chi connectivity index (χ4v) is 6.40. The van der Waals surface area contributed by atoms with Crippen LogP contribution in [0.1, 0.15) is 75.4 Å². The molecule has 51 heavy (non-hydrogen) atoms. The number of ether oxygens (including phenoxy) is 2. The summed E-state index contributed by atoms with van der Waals surface area (Å²) in [6, 6.07) is 3.05. The molecule has 3 atom stereocenters. The Balaban J connectivity index is 1.75. The molecule has 14 nitrogen and oxygen atoms in total. The van der Waals surface area contributed by atoms with Crippen LogP contribution >= 0.6 is 11.3 Å². The van der Waals surface area contributed by atoms with Crippen LogP contribution in [0.5, 0.6) is 11.5 Å². The van der Waals surface area contributed by atoms with Crippen LogP contribution in [0.25, 0.3) is 0 Å². The summed E-state index contributed by atoms with van der Waals surface area (Å²) in [5, 5.41) is 21.5. The Morgan fingerprint density at radius 3 is 2.45 bits per heavy atom. The number of nitrogens with zero attached hydrogens (tertiary/aromatic N) is 2. The van der Waals surface area contributed by atoms with Gasteiger partial charge in [-0.1, -0.05) is 19.9 Å². The highest BCUT2D eigenvalue weighted by molar-refractivity contribution is 7.09. The lowest BCUT2D eigenvalue weighted by molar-refractivity contribution is -0.134. The molecule has 1 aromatic heterocycles. The molecule has 2 aliphatic heterocycles. The van der Waals surface area contributed by atoms with E-state index in [1.807, 2.05) is 20.8 Å². The predicted molar refractivity (Wildman–Crippen MR) is 193 cm³/mol. The van der Waals surface area contributed by atoms with Gasteiger partial charge in [0.1, 0.15) is 12.1 Å². The first-order chi connectivity index (χ1) is 24.4. The highest BCUT2D eigenvalue weighted by Gasteiger charge is 2.30. The van der Waals surface area contributed by atoms with Gasteiger partial charge in [-0.3, -0.25) is 24.0 Å². The van der Waals surface area contributed by atoms with Gasteiger partial charge in [0.2, 0.25) is 23.6 Å². The van der Waals surface area contributed by atoms with E-state index in [-0.39, 0.29) is 43.2 Å². The van der Waals surface area contributed by atoms with E-state index in [0.29, 0.717) is 76.1 Å². The normalized spacial score (nSPS) is 20.1. The zero-order chi connectivity index (χ0) is 37.3. The third-order valence-corrected chi connectivity index (χ3v) is 9.49. The zero-order valence-corrected chi connectivity index (χ0v) is 31.2. The smallest absolute Gasteiger partial charge is 0.257 e. The number of carbonyl (C=O) groups is 5. The van der Waals surface area contributed by atoms with Gasteiger partial charge in [-0.25, -0.2) is 4.98 Å². The number of aliphatic hydroxyl groups is 1. The molecule has 0 saturated heterocycles. The summed E-state index contributed by atoms with van der Waals surface area (Å²) in [7, 11) is 1.49. The van der Waals surface area contributed by atoms with Crippen LogP contribution in [0, 0.1) is 12.8 Å². The standard InChI is InChI=1S/C36H54N6O8S/c1-23(2)19-27-35(47)41-34(25(4)43)36(48)38-15-6-7-17-42(33(46)14-12-30-24(3)39-22-51-30)18-8-16-37-32(45)21-50-28-11-9-26(20-29(28)49-5)10-13-31(44)40-27/h9,11,20,22-23,25,27,34,43H,6-8,10,12-19,21H2,1-5H3,(H,37,45)(H,38,48)(H,40,44)(H,41,47)/t25-,27-,34+/m1/s1. The van der Waals surface area contributed by atoms with Crippen molar-refractivity contribution < 1.29 is 38.6 Å². The lowest BCUT2D eigenvalue weighted by Crippen LogP contribution is -2.57. The average Bonchev–Trinajstić information content (AvgIpc) is 3.51. The molecule has 0 fully saturated rings. The van der Waals surface area contributed by atoms with Crippen LogP contribution in [0.4, 0.5) is 0 Å². The Labute approximate surface area is 304 Å². The zero-order valence-electron chi connectivity index (χ0n) is 30.4. The monoisotopic (exact) mass is 730 g/mol. The molecular formula is C36H54N6O8S. The van der Waals surface area contributed by atoms with Gasteiger partial charge in [0.15, 0.2) is 18.1 Å². The van der Waals surface area contributed by atoms with Gasteiger partial charge in [0, 0.05) is 43.9 Å². The number of rotatable bonds is 7. The topological polar surface area (TPSA) is 188 Å². The number of fused-ring (bicyclic) bond motifs is 23. The van der Waals surface area contributed by atoms with Crippen LogP contribution in [0.15, 0.2) is 23.7 Å². The van der Waals surface area contributed by atoms with Crippen molar-refractivity contribution in [2.24, 2.45) is 5.92 Å². The van der Waals surface area contributed by atoms with E-state index in [4.69, 9.17) is 9.47 Å². The molecule has 2 aromatic rings. The Morgan fingerprint density at radius 2 is 1.76 bits per heavy atom. The summed E-state index contributed by atoms with van der Waals surface area (Å²) >= 11 is 1.53. The third-order valence-electron chi connectivity index (χ3n) is 8.49. The number of benzene rings is 1. The van der Waals surface area contributed by atoms with Gasteiger partial charge in [0.25, 0.3) is 5.91 Å². The molecule has 0 spiro atoms. The highest BCUT2D eigenvalue weighted by Crippen LogP contribution is 2.28. The Bertz CT molecular complexity index is 1460. The lowest BCUT2D eigenvalue weighted by Gasteiger charge is -2.26. The van der Waals surface area contributed by atoms with Crippen LogP contribution in [-0.4, -0.2) is 103 Å². The number of thiazole rings is 1. The maximum Gasteiger partial charge on any atom is 0.257 e. The number of aryl methyl sites for hydroxylation is 3. The maximum absolute atomic E-state index is 13.4. The molecule has 2 aliphatic rings. The molecule has 2 bridgehead atoms. The van der Waals surface area contributed by atoms with E-state index in [9.17, 15) is 29.1 Å². The first-order valence-corrected chi connectivity index (χ1v) is 18.5. The number of aliphatic hydroxyl groups excluding tert-OH is 1. The van der Waals surface area contributed by atoms with E-state index in [2.05, 4.69) is 26.3 Å². The fourth-order valence-electron chi connectivity index (χ4n) is 5.62. The first-order valence-electron chi connectivity index (χ1n) is 17.7. The minimum atomic E-state index is -1.22. The summed E-state index contributed by atoms with van der Waals surface area (Å²) in [6.07, 6.45) is 2.18. The van der Waals surface area contributed by atoms with E-state index in [1.165, 1.54) is 25.4 Å². The number of aromatic nitrogens is 1. The van der Waals surface area contributed by atoms with Gasteiger partial charge in [-0.2, -0.15) is 0 Å². The SMILES string of the molecule is COc1cc2ccc1OCC(=O)NCCCN(C(=O)CCc1scnc1C)CCCCNC(=O)[C@H]([C@@H](C)O)NC(=O)[C@@H](CC(C)C)NC(=O)CC2. The van der Waals surface area contributed by atoms with Crippen molar-refractivity contribution in [1.29, 1.82) is 0 Å². The van der Waals surface area contributed by atoms with Gasteiger partial charge in [-0.05, 0) is 76.0 Å². The van der Waals surface area contributed by atoms with Crippen LogP contribution in [0.2, 0.25) is 0 Å². The lowest BCUT2D eigenvalue weighted by atomic mass is 10.0. The van der Waals surface area contributed by atoms with Crippen molar-refractivity contribution in [3.63, 3.8) is 0 Å². The van der Waals surface area contributed by atoms with Crippen molar-refractivity contribution in [2.45, 2.75) is 97.2 Å². The summed E-state index contributed by atoms with van der Waals surface area (Å²) in [5.41, 5.74) is 3.48. The highest BCUT2D eigenvalue weighted by atomic mass is 32.1. The Morgan fingerprint density at radius 1 is 1.02 bits per heavy atom. The molecule has 4 rings (SSSR count). The minimum absolute atomic E-state index is 0.00915. The van der Waals surface area contributed by atoms with Gasteiger partial charge >= 0.3 is 0 Å². The second-order valence-electron chi connectivity index (χ2n) is 13.2. The van der Waals surface area contributed by atoms with Crippen LogP contribution in [-0.2, 0) is 36.8 Å². The number of hydrogen-bond acceptors (Lipinski definition) is 10. The van der Waals surface area contributed by atoms with Crippen molar-refractivity contribution in [2.75, 3.05) is 39.9 Å². The van der Waals surface area contributed by atoms with Crippen LogP contribution < -0.4 is 30.7 Å². The number of methoxy groups -OCH3 is 1. The fraction of sp³-hybridized carbons (Fsp3) is 0.611. The summed E-state index contributed by atoms with van der Waals surface area (Å²) < 4.78 is 11.2. The van der Waals surface area contributed by atoms with Gasteiger partial charge < -0.3 is 40.7 Å². The number of amides is 5. The molecule has 1 aromatic carbocycles. The molecule has 0 aliphatic carbocycles. The third kappa shape index (κ3) is 14.1. The maximum atomic E-state index is 13.4. The quantitative estimate of drug-likeness (QED) is 0.266. The first kappa shape index (κ1) is 41.2. The largest absolute Gasteiger partial charge is 0.493 e. The van der Waals surface area contributed by atoms with E-state index < -0.39 is 30.0 Å². The molecule has 5 amide bonds. The Kier molecular flexibility index (Phi) is 17.1. The van der Waals surface area contributed by atoms with E-state index >= 15 is 0 Å². The second-order valence-corrected chi connectivity index (χ2v) is 14.1. The number of carbonyl (C=O) groups excluding carboxylic acids is 5. The van der Waals surface area contributed by atoms with Crippen molar-refractivity contribution in [3.8, 4) is 11.5 Å². The summed E-state index contributed by atoms with van der Waals surface area (Å²) in [4.78, 5) is 72.4. The molecule has 282 valence electrons. The van der Waals surface area contributed by atoms with Gasteiger partial charge in [0.05, 0.1) is 24.4 Å². The molecular weight excluding hydrogens is 676 g/mol. The molecule has 15 heteroatoms. The molecule has 5 N–H and O–H groups in total. The van der Waals surface area contributed by atoms with Crippen molar-refractivity contribution >= 4 is 40.9 Å². The molecule has 0 radical (unpaired) electrons. The average molecular weight is 731 g/mol. The van der Waals surface area contributed by atoms with Crippen molar-refractivity contribution in [1.82, 2.24) is 31.2 Å². The van der Waals surface area contributed by atoms with Crippen molar-refractivity contribution in [3.05, 3.63) is 39.8 Å². The predicted octanol–water partition coefficient (Wildman–Crippen LogP) is 2.05. The summed E-state index contributed by atoms with van der Waals surface area (Å²) in [5.74, 6) is -0.937. The molecule has 3 heterocycles. The van der Waals surface area contributed by atoms with E-state index in [1.54, 1.807) is 28.6 Å². The van der Waals surface area contributed by atoms with E-state index in [0.717, 1.165) is 16.1 Å². The molecule has 0 saturated carbocycles. The number of nitrogens with one attached hydrogen (secondary N) is 4. The Hall–Kier alpha value is -4.24. The summed E-state index contributed by atoms with van der Waals surface area (Å²) in [6.45, 7) is 8.47. The number of hydrogen-bond donors (Lipinski definition) is 5. The second kappa shape index (κ2) is 21.2. The minimum Gasteiger partial charge on any atom is -0.493 e. The molecule has 0 unspecified atom stereocenters. The van der Waals surface area contributed by atoms with Gasteiger partial charge in [-0.15, -0.1) is 11.3 Å². The van der Waals surface area contributed by atoms with Crippen LogP contribution in [0.3, 0.4) is 0 Å².